The first kappa shape index (κ1) is 18.1. The van der Waals surface area contributed by atoms with Crippen LogP contribution < -0.4 is 0 Å². The molecule has 0 aliphatic carbocycles. The maximum Gasteiger partial charge on any atom is 0.319 e. The highest BCUT2D eigenvalue weighted by Crippen LogP contribution is 2.37. The number of carbonyl (C=O) groups excluding carboxylic acids is 1. The van der Waals surface area contributed by atoms with E-state index < -0.39 is 0 Å². The van der Waals surface area contributed by atoms with Gasteiger partial charge in [-0.25, -0.2) is 0 Å². The summed E-state index contributed by atoms with van der Waals surface area (Å²) in [5.74, 6) is 0.153. The first-order chi connectivity index (χ1) is 11.4. The van der Waals surface area contributed by atoms with Crippen LogP contribution in [0, 0.1) is 5.92 Å². The Balaban J connectivity index is 1.61. The molecule has 2 saturated heterocycles. The number of piperidine rings is 1. The Kier molecular flexibility index (Phi) is 5.78. The maximum atomic E-state index is 12.8. The van der Waals surface area contributed by atoms with Gasteiger partial charge in [0.1, 0.15) is 11.4 Å². The van der Waals surface area contributed by atoms with Crippen molar-refractivity contribution < 1.29 is 9.53 Å². The monoisotopic (exact) mass is 367 g/mol. The fourth-order valence-electron chi connectivity index (χ4n) is 3.81. The van der Waals surface area contributed by atoms with Crippen molar-refractivity contribution in [1.82, 2.24) is 4.90 Å². The molecular weight excluding hydrogens is 342 g/mol. The first-order valence-corrected chi connectivity index (χ1v) is 10.0. The Morgan fingerprint density at radius 1 is 1.21 bits per heavy atom. The van der Waals surface area contributed by atoms with Crippen molar-refractivity contribution in [2.24, 2.45) is 5.92 Å². The molecule has 2 aliphatic heterocycles. The standard InChI is InChI=1S/C19H26ClNO2S/c1-12(2)18(24-17-8-4-13(20)5-9-17)19(22)23-16-10-14-6-7-15(11-16)21(14)3/h4-5,8-9,12,14-16,18H,6-7,10-11H2,1-3H3. The Morgan fingerprint density at radius 2 is 1.79 bits per heavy atom. The molecule has 2 bridgehead atoms. The minimum atomic E-state index is -0.177. The average Bonchev–Trinajstić information content (AvgIpc) is 2.75. The molecule has 1 aromatic carbocycles. The van der Waals surface area contributed by atoms with E-state index in [0.29, 0.717) is 17.1 Å². The number of hydrogen-bond donors (Lipinski definition) is 0. The van der Waals surface area contributed by atoms with Gasteiger partial charge in [0, 0.05) is 22.0 Å². The molecule has 0 aromatic heterocycles. The van der Waals surface area contributed by atoms with Crippen LogP contribution in [-0.2, 0) is 9.53 Å². The van der Waals surface area contributed by atoms with Gasteiger partial charge in [-0.05, 0) is 62.9 Å². The van der Waals surface area contributed by atoms with E-state index >= 15 is 0 Å². The summed E-state index contributed by atoms with van der Waals surface area (Å²) in [5.41, 5.74) is 0. The van der Waals surface area contributed by atoms with Crippen LogP contribution in [0.2, 0.25) is 5.02 Å². The molecule has 132 valence electrons. The summed E-state index contributed by atoms with van der Waals surface area (Å²) < 4.78 is 5.93. The second-order valence-corrected chi connectivity index (χ2v) is 8.97. The van der Waals surface area contributed by atoms with Gasteiger partial charge in [0.15, 0.2) is 0 Å². The van der Waals surface area contributed by atoms with Crippen molar-refractivity contribution in [2.75, 3.05) is 7.05 Å². The van der Waals surface area contributed by atoms with Crippen LogP contribution in [0.25, 0.3) is 0 Å². The normalized spacial score (nSPS) is 28.1. The van der Waals surface area contributed by atoms with Crippen LogP contribution in [0.15, 0.2) is 29.2 Å². The highest BCUT2D eigenvalue weighted by atomic mass is 35.5. The number of fused-ring (bicyclic) bond motifs is 2. The number of nitrogens with zero attached hydrogens (tertiary/aromatic N) is 1. The van der Waals surface area contributed by atoms with E-state index in [1.807, 2.05) is 24.3 Å². The molecule has 3 nitrogen and oxygen atoms in total. The van der Waals surface area contributed by atoms with Gasteiger partial charge in [0.05, 0.1) is 0 Å². The first-order valence-electron chi connectivity index (χ1n) is 8.78. The average molecular weight is 368 g/mol. The van der Waals surface area contributed by atoms with E-state index in [0.717, 1.165) is 17.7 Å². The molecule has 2 fully saturated rings. The van der Waals surface area contributed by atoms with Crippen molar-refractivity contribution in [1.29, 1.82) is 0 Å². The van der Waals surface area contributed by atoms with E-state index in [4.69, 9.17) is 16.3 Å². The van der Waals surface area contributed by atoms with Crippen LogP contribution in [0.3, 0.4) is 0 Å². The lowest BCUT2D eigenvalue weighted by Gasteiger charge is -2.36. The van der Waals surface area contributed by atoms with E-state index in [1.54, 1.807) is 11.8 Å². The molecule has 2 aliphatic rings. The zero-order valence-corrected chi connectivity index (χ0v) is 16.1. The molecule has 0 spiro atoms. The molecule has 0 amide bonds. The summed E-state index contributed by atoms with van der Waals surface area (Å²) in [7, 11) is 2.20. The molecule has 3 atom stereocenters. The van der Waals surface area contributed by atoms with Gasteiger partial charge in [-0.1, -0.05) is 25.4 Å². The van der Waals surface area contributed by atoms with Crippen LogP contribution >= 0.6 is 23.4 Å². The second-order valence-electron chi connectivity index (χ2n) is 7.32. The lowest BCUT2D eigenvalue weighted by atomic mass is 10.0. The Hall–Kier alpha value is -0.710. The smallest absolute Gasteiger partial charge is 0.319 e. The van der Waals surface area contributed by atoms with Crippen LogP contribution in [-0.4, -0.2) is 41.4 Å². The maximum absolute atomic E-state index is 12.8. The number of rotatable bonds is 5. The van der Waals surface area contributed by atoms with Crippen molar-refractivity contribution >= 4 is 29.3 Å². The molecule has 0 radical (unpaired) electrons. The Morgan fingerprint density at radius 3 is 2.33 bits per heavy atom. The zero-order valence-electron chi connectivity index (χ0n) is 14.6. The lowest BCUT2D eigenvalue weighted by molar-refractivity contribution is -0.152. The Labute approximate surface area is 154 Å². The van der Waals surface area contributed by atoms with Gasteiger partial charge >= 0.3 is 5.97 Å². The highest BCUT2D eigenvalue weighted by molar-refractivity contribution is 8.00. The largest absolute Gasteiger partial charge is 0.461 e. The minimum Gasteiger partial charge on any atom is -0.461 e. The molecule has 24 heavy (non-hydrogen) atoms. The summed E-state index contributed by atoms with van der Waals surface area (Å²) in [6.07, 6.45) is 4.52. The predicted octanol–water partition coefficient (Wildman–Crippen LogP) is 4.63. The summed E-state index contributed by atoms with van der Waals surface area (Å²) in [4.78, 5) is 16.3. The third-order valence-electron chi connectivity index (χ3n) is 5.25. The van der Waals surface area contributed by atoms with E-state index in [-0.39, 0.29) is 23.2 Å². The molecular formula is C19H26ClNO2S. The molecule has 3 rings (SSSR count). The third kappa shape index (κ3) is 4.09. The van der Waals surface area contributed by atoms with Gasteiger partial charge in [-0.2, -0.15) is 0 Å². The number of halogens is 1. The lowest BCUT2D eigenvalue weighted by Crippen LogP contribution is -2.44. The number of benzene rings is 1. The topological polar surface area (TPSA) is 29.5 Å². The highest BCUT2D eigenvalue weighted by Gasteiger charge is 2.40. The quantitative estimate of drug-likeness (QED) is 0.560. The fourth-order valence-corrected chi connectivity index (χ4v) is 4.94. The number of esters is 1. The Bertz CT molecular complexity index is 563. The second kappa shape index (κ2) is 7.67. The summed E-state index contributed by atoms with van der Waals surface area (Å²) in [5, 5.41) is 0.535. The SMILES string of the molecule is CC(C)C(Sc1ccc(Cl)cc1)C(=O)OC1CC2CCC(C1)N2C. The van der Waals surface area contributed by atoms with Crippen molar-refractivity contribution in [3.63, 3.8) is 0 Å². The van der Waals surface area contributed by atoms with Gasteiger partial charge in [0.25, 0.3) is 0 Å². The van der Waals surface area contributed by atoms with Crippen molar-refractivity contribution in [3.05, 3.63) is 29.3 Å². The number of thioether (sulfide) groups is 1. The predicted molar refractivity (Wildman–Crippen MR) is 99.6 cm³/mol. The van der Waals surface area contributed by atoms with Gasteiger partial charge < -0.3 is 9.64 Å². The number of ether oxygens (including phenoxy) is 1. The molecule has 1 aromatic rings. The van der Waals surface area contributed by atoms with Crippen LogP contribution in [0.4, 0.5) is 0 Å². The minimum absolute atomic E-state index is 0.0705. The van der Waals surface area contributed by atoms with Crippen molar-refractivity contribution in [3.8, 4) is 0 Å². The molecule has 5 heteroatoms. The van der Waals surface area contributed by atoms with Crippen molar-refractivity contribution in [2.45, 2.75) is 67.9 Å². The molecule has 0 N–H and O–H groups in total. The summed E-state index contributed by atoms with van der Waals surface area (Å²) >= 11 is 7.52. The molecule has 3 unspecified atom stereocenters. The zero-order chi connectivity index (χ0) is 17.3. The summed E-state index contributed by atoms with van der Waals surface area (Å²) in [6, 6.07) is 8.82. The van der Waals surface area contributed by atoms with Gasteiger partial charge in [0.2, 0.25) is 0 Å². The van der Waals surface area contributed by atoms with E-state index in [9.17, 15) is 4.79 Å². The third-order valence-corrected chi connectivity index (χ3v) is 7.04. The summed E-state index contributed by atoms with van der Waals surface area (Å²) in [6.45, 7) is 4.15. The van der Waals surface area contributed by atoms with Gasteiger partial charge in [-0.15, -0.1) is 11.8 Å². The van der Waals surface area contributed by atoms with Gasteiger partial charge in [-0.3, -0.25) is 4.79 Å². The molecule has 2 heterocycles. The fraction of sp³-hybridized carbons (Fsp3) is 0.632. The number of carbonyl (C=O) groups is 1. The number of hydrogen-bond acceptors (Lipinski definition) is 4. The van der Waals surface area contributed by atoms with E-state index in [2.05, 4.69) is 25.8 Å². The van der Waals surface area contributed by atoms with Crippen LogP contribution in [0.5, 0.6) is 0 Å². The van der Waals surface area contributed by atoms with Crippen LogP contribution in [0.1, 0.15) is 39.5 Å². The van der Waals surface area contributed by atoms with E-state index in [1.165, 1.54) is 12.8 Å². The molecule has 0 saturated carbocycles.